The van der Waals surface area contributed by atoms with Crippen molar-refractivity contribution in [3.63, 3.8) is 0 Å². The summed E-state index contributed by atoms with van der Waals surface area (Å²) in [6.45, 7) is 8.43. The lowest BCUT2D eigenvalue weighted by Crippen LogP contribution is -2.25. The molecule has 2 atom stereocenters. The van der Waals surface area contributed by atoms with Gasteiger partial charge in [-0.15, -0.1) is 0 Å². The van der Waals surface area contributed by atoms with E-state index in [0.717, 1.165) is 26.0 Å². The van der Waals surface area contributed by atoms with Crippen LogP contribution in [0.1, 0.15) is 43.9 Å². The number of pyridine rings is 1. The van der Waals surface area contributed by atoms with E-state index in [0.29, 0.717) is 12.0 Å². The van der Waals surface area contributed by atoms with Crippen molar-refractivity contribution in [2.75, 3.05) is 20.3 Å². The zero-order valence-electron chi connectivity index (χ0n) is 12.1. The molecule has 0 bridgehead atoms. The number of methoxy groups -OCH3 is 1. The van der Waals surface area contributed by atoms with Crippen molar-refractivity contribution < 1.29 is 4.74 Å². The van der Waals surface area contributed by atoms with E-state index in [2.05, 4.69) is 37.1 Å². The van der Waals surface area contributed by atoms with E-state index in [1.807, 2.05) is 12.4 Å². The molecule has 1 rings (SSSR count). The van der Waals surface area contributed by atoms with E-state index in [9.17, 15) is 0 Å². The number of nitrogens with one attached hydrogen (secondary N) is 1. The lowest BCUT2D eigenvalue weighted by Gasteiger charge is -2.23. The Labute approximate surface area is 111 Å². The van der Waals surface area contributed by atoms with Gasteiger partial charge in [0.15, 0.2) is 0 Å². The highest BCUT2D eigenvalue weighted by molar-refractivity contribution is 5.25. The molecule has 0 spiro atoms. The Morgan fingerprint density at radius 3 is 2.83 bits per heavy atom. The summed E-state index contributed by atoms with van der Waals surface area (Å²) in [6, 6.07) is 2.46. The Balaban J connectivity index is 2.74. The minimum absolute atomic E-state index is 0.379. The van der Waals surface area contributed by atoms with E-state index < -0.39 is 0 Å². The first-order valence-corrected chi connectivity index (χ1v) is 6.81. The van der Waals surface area contributed by atoms with Crippen LogP contribution in [0.2, 0.25) is 0 Å². The summed E-state index contributed by atoms with van der Waals surface area (Å²) < 4.78 is 5.23. The van der Waals surface area contributed by atoms with Crippen LogP contribution >= 0.6 is 0 Å². The molecule has 0 aliphatic carbocycles. The molecule has 2 unspecified atom stereocenters. The molecule has 0 radical (unpaired) electrons. The Bertz CT molecular complexity index is 341. The largest absolute Gasteiger partial charge is 0.384 e. The van der Waals surface area contributed by atoms with E-state index in [1.165, 1.54) is 11.1 Å². The van der Waals surface area contributed by atoms with E-state index in [4.69, 9.17) is 4.74 Å². The van der Waals surface area contributed by atoms with E-state index in [1.54, 1.807) is 7.11 Å². The lowest BCUT2D eigenvalue weighted by molar-refractivity contribution is 0.149. The smallest absolute Gasteiger partial charge is 0.0488 e. The SMILES string of the molecule is CCCNC(CC(C)COC)c1cnccc1C. The van der Waals surface area contributed by atoms with Crippen molar-refractivity contribution in [2.45, 2.75) is 39.7 Å². The zero-order valence-corrected chi connectivity index (χ0v) is 12.1. The van der Waals surface area contributed by atoms with Gasteiger partial charge in [0, 0.05) is 32.2 Å². The molecular weight excluding hydrogens is 224 g/mol. The van der Waals surface area contributed by atoms with Crippen LogP contribution < -0.4 is 5.32 Å². The molecule has 0 aromatic carbocycles. The number of aromatic nitrogens is 1. The molecule has 3 heteroatoms. The average molecular weight is 250 g/mol. The molecule has 3 nitrogen and oxygen atoms in total. The van der Waals surface area contributed by atoms with E-state index >= 15 is 0 Å². The predicted molar refractivity (Wildman–Crippen MR) is 75.7 cm³/mol. The lowest BCUT2D eigenvalue weighted by atomic mass is 9.94. The Morgan fingerprint density at radius 2 is 2.22 bits per heavy atom. The summed E-state index contributed by atoms with van der Waals surface area (Å²) in [6.07, 6.45) is 6.07. The van der Waals surface area contributed by atoms with E-state index in [-0.39, 0.29) is 0 Å². The monoisotopic (exact) mass is 250 g/mol. The van der Waals surface area contributed by atoms with Gasteiger partial charge in [0.1, 0.15) is 0 Å². The minimum atomic E-state index is 0.379. The van der Waals surface area contributed by atoms with Gasteiger partial charge in [-0.3, -0.25) is 4.98 Å². The van der Waals surface area contributed by atoms with Gasteiger partial charge in [0.05, 0.1) is 0 Å². The molecular formula is C15H26N2O. The maximum atomic E-state index is 5.23. The molecule has 1 aromatic heterocycles. The molecule has 0 saturated heterocycles. The van der Waals surface area contributed by atoms with Crippen LogP contribution in [0.25, 0.3) is 0 Å². The third-order valence-electron chi connectivity index (χ3n) is 3.18. The molecule has 1 heterocycles. The molecule has 102 valence electrons. The van der Waals surface area contributed by atoms with Crippen LogP contribution in [-0.2, 0) is 4.74 Å². The summed E-state index contributed by atoms with van der Waals surface area (Å²) >= 11 is 0. The molecule has 0 aliphatic rings. The molecule has 0 saturated carbocycles. The Morgan fingerprint density at radius 1 is 1.44 bits per heavy atom. The molecule has 0 aliphatic heterocycles. The average Bonchev–Trinajstić information content (AvgIpc) is 2.35. The first kappa shape index (κ1) is 15.1. The molecule has 0 amide bonds. The quantitative estimate of drug-likeness (QED) is 0.770. The number of rotatable bonds is 8. The van der Waals surface area contributed by atoms with Crippen LogP contribution in [0.4, 0.5) is 0 Å². The predicted octanol–water partition coefficient (Wildman–Crippen LogP) is 3.10. The van der Waals surface area contributed by atoms with Crippen LogP contribution in [0.15, 0.2) is 18.5 Å². The maximum Gasteiger partial charge on any atom is 0.0488 e. The van der Waals surface area contributed by atoms with Gasteiger partial charge in [-0.1, -0.05) is 13.8 Å². The van der Waals surface area contributed by atoms with Crippen molar-refractivity contribution in [1.29, 1.82) is 0 Å². The minimum Gasteiger partial charge on any atom is -0.384 e. The highest BCUT2D eigenvalue weighted by atomic mass is 16.5. The van der Waals surface area contributed by atoms with Gasteiger partial charge in [-0.2, -0.15) is 0 Å². The fraction of sp³-hybridized carbons (Fsp3) is 0.667. The van der Waals surface area contributed by atoms with Gasteiger partial charge in [-0.25, -0.2) is 0 Å². The fourth-order valence-corrected chi connectivity index (χ4v) is 2.23. The van der Waals surface area contributed by atoms with Crippen LogP contribution in [0.3, 0.4) is 0 Å². The molecule has 1 aromatic rings. The Kier molecular flexibility index (Phi) is 6.91. The second-order valence-corrected chi connectivity index (χ2v) is 5.04. The standard InChI is InChI=1S/C15H26N2O/c1-5-7-17-15(9-12(2)11-18-4)14-10-16-8-6-13(14)3/h6,8,10,12,15,17H,5,7,9,11H2,1-4H3. The van der Waals surface area contributed by atoms with Crippen molar-refractivity contribution in [3.8, 4) is 0 Å². The third-order valence-corrected chi connectivity index (χ3v) is 3.18. The molecule has 1 N–H and O–H groups in total. The normalized spacial score (nSPS) is 14.4. The number of ether oxygens (including phenoxy) is 1. The van der Waals surface area contributed by atoms with Crippen molar-refractivity contribution in [3.05, 3.63) is 29.6 Å². The molecule has 0 fully saturated rings. The van der Waals surface area contributed by atoms with Crippen LogP contribution in [0.5, 0.6) is 0 Å². The summed E-state index contributed by atoms with van der Waals surface area (Å²) in [5.74, 6) is 0.545. The summed E-state index contributed by atoms with van der Waals surface area (Å²) in [5.41, 5.74) is 2.62. The highest BCUT2D eigenvalue weighted by Crippen LogP contribution is 2.23. The van der Waals surface area contributed by atoms with Crippen LogP contribution in [0, 0.1) is 12.8 Å². The maximum absolute atomic E-state index is 5.23. The number of nitrogens with zero attached hydrogens (tertiary/aromatic N) is 1. The number of aryl methyl sites for hydroxylation is 1. The summed E-state index contributed by atoms with van der Waals surface area (Å²) in [5, 5.41) is 3.62. The van der Waals surface area contributed by atoms with Crippen LogP contribution in [-0.4, -0.2) is 25.2 Å². The topological polar surface area (TPSA) is 34.1 Å². The first-order valence-electron chi connectivity index (χ1n) is 6.81. The number of hydrogen-bond acceptors (Lipinski definition) is 3. The summed E-state index contributed by atoms with van der Waals surface area (Å²) in [7, 11) is 1.76. The third kappa shape index (κ3) is 4.75. The summed E-state index contributed by atoms with van der Waals surface area (Å²) in [4.78, 5) is 4.26. The van der Waals surface area contributed by atoms with Gasteiger partial charge >= 0.3 is 0 Å². The first-order chi connectivity index (χ1) is 8.69. The zero-order chi connectivity index (χ0) is 13.4. The van der Waals surface area contributed by atoms with Gasteiger partial charge in [0.25, 0.3) is 0 Å². The van der Waals surface area contributed by atoms with Crippen molar-refractivity contribution in [2.24, 2.45) is 5.92 Å². The van der Waals surface area contributed by atoms with Gasteiger partial charge in [-0.05, 0) is 49.4 Å². The second-order valence-electron chi connectivity index (χ2n) is 5.04. The second kappa shape index (κ2) is 8.22. The van der Waals surface area contributed by atoms with Crippen molar-refractivity contribution >= 4 is 0 Å². The van der Waals surface area contributed by atoms with Gasteiger partial charge in [0.2, 0.25) is 0 Å². The fourth-order valence-electron chi connectivity index (χ4n) is 2.23. The highest BCUT2D eigenvalue weighted by Gasteiger charge is 2.16. The number of hydrogen-bond donors (Lipinski definition) is 1. The molecule has 18 heavy (non-hydrogen) atoms. The van der Waals surface area contributed by atoms with Gasteiger partial charge < -0.3 is 10.1 Å². The Hall–Kier alpha value is -0.930. The van der Waals surface area contributed by atoms with Crippen molar-refractivity contribution in [1.82, 2.24) is 10.3 Å².